The van der Waals surface area contributed by atoms with E-state index in [4.69, 9.17) is 0 Å². The van der Waals surface area contributed by atoms with Gasteiger partial charge in [0.05, 0.1) is 6.42 Å². The van der Waals surface area contributed by atoms with Gasteiger partial charge >= 0.3 is 0 Å². The molecule has 0 unspecified atom stereocenters. The molecule has 0 fully saturated rings. The molecule has 0 saturated heterocycles. The van der Waals surface area contributed by atoms with Gasteiger partial charge in [-0.25, -0.2) is 0 Å². The Bertz CT molecular complexity index is 774. The number of amides is 1. The summed E-state index contributed by atoms with van der Waals surface area (Å²) in [6.07, 6.45) is 3.31. The topological polar surface area (TPSA) is 44.9 Å². The second-order valence-electron chi connectivity index (χ2n) is 5.63. The van der Waals surface area contributed by atoms with Crippen LogP contribution in [0.5, 0.6) is 0 Å². The van der Waals surface area contributed by atoms with Crippen LogP contribution < -0.4 is 5.32 Å². The van der Waals surface area contributed by atoms with Gasteiger partial charge in [-0.2, -0.15) is 0 Å². The Morgan fingerprint density at radius 1 is 1.14 bits per heavy atom. The number of carbonyl (C=O) groups is 1. The van der Waals surface area contributed by atoms with Gasteiger partial charge in [-0.15, -0.1) is 0 Å². The quantitative estimate of drug-likeness (QED) is 0.744. The number of H-pyrrole nitrogens is 1. The monoisotopic (exact) mass is 292 g/mol. The van der Waals surface area contributed by atoms with Crippen LogP contribution in [0.2, 0.25) is 0 Å². The maximum absolute atomic E-state index is 11.9. The highest BCUT2D eigenvalue weighted by molar-refractivity contribution is 5.84. The fourth-order valence-corrected chi connectivity index (χ4v) is 2.68. The van der Waals surface area contributed by atoms with Gasteiger partial charge < -0.3 is 10.3 Å². The van der Waals surface area contributed by atoms with Crippen molar-refractivity contribution in [1.29, 1.82) is 0 Å². The summed E-state index contributed by atoms with van der Waals surface area (Å²) in [4.78, 5) is 15.2. The number of benzene rings is 2. The van der Waals surface area contributed by atoms with E-state index in [0.29, 0.717) is 13.0 Å². The van der Waals surface area contributed by atoms with Crippen LogP contribution in [-0.2, 0) is 17.6 Å². The zero-order valence-corrected chi connectivity index (χ0v) is 12.7. The van der Waals surface area contributed by atoms with Crippen LogP contribution in [0, 0.1) is 6.92 Å². The smallest absolute Gasteiger partial charge is 0.224 e. The first-order valence-electron chi connectivity index (χ1n) is 7.59. The number of rotatable bonds is 5. The number of aromatic nitrogens is 1. The number of nitrogens with one attached hydrogen (secondary N) is 2. The predicted octanol–water partition coefficient (Wildman–Crippen LogP) is 3.38. The first-order valence-corrected chi connectivity index (χ1v) is 7.59. The molecule has 0 aliphatic rings. The number of aromatic amines is 1. The van der Waals surface area contributed by atoms with Crippen LogP contribution in [0.15, 0.2) is 54.7 Å². The lowest BCUT2D eigenvalue weighted by atomic mass is 10.1. The fraction of sp³-hybridized carbons (Fsp3) is 0.211. The molecule has 1 aromatic heterocycles. The zero-order chi connectivity index (χ0) is 15.4. The molecule has 3 rings (SSSR count). The molecule has 112 valence electrons. The van der Waals surface area contributed by atoms with Crippen LogP contribution in [-0.4, -0.2) is 17.4 Å². The maximum atomic E-state index is 11.9. The zero-order valence-electron chi connectivity index (χ0n) is 12.7. The Balaban J connectivity index is 1.56. The molecule has 3 heteroatoms. The third-order valence-corrected chi connectivity index (χ3v) is 3.85. The minimum Gasteiger partial charge on any atom is -0.361 e. The van der Waals surface area contributed by atoms with Crippen molar-refractivity contribution < 1.29 is 4.79 Å². The Kier molecular flexibility index (Phi) is 4.24. The normalized spacial score (nSPS) is 10.8. The van der Waals surface area contributed by atoms with Crippen molar-refractivity contribution in [2.45, 2.75) is 19.8 Å². The molecular formula is C19H20N2O. The molecule has 0 aliphatic heterocycles. The molecule has 1 amide bonds. The molecule has 0 atom stereocenters. The molecule has 0 aliphatic carbocycles. The van der Waals surface area contributed by atoms with Crippen LogP contribution >= 0.6 is 0 Å². The van der Waals surface area contributed by atoms with Gasteiger partial charge in [-0.1, -0.05) is 42.0 Å². The molecule has 3 aromatic rings. The number of hydrogen-bond donors (Lipinski definition) is 2. The standard InChI is InChI=1S/C19H20N2O/c1-14-7-8-18-17(11-14)16(13-21-18)9-10-20-19(22)12-15-5-3-2-4-6-15/h2-8,11,13,21H,9-10,12H2,1H3,(H,20,22). The number of fused-ring (bicyclic) bond motifs is 1. The average molecular weight is 292 g/mol. The summed E-state index contributed by atoms with van der Waals surface area (Å²) < 4.78 is 0. The van der Waals surface area contributed by atoms with Crippen LogP contribution in [0.1, 0.15) is 16.7 Å². The van der Waals surface area contributed by atoms with Crippen LogP contribution in [0.4, 0.5) is 0 Å². The first kappa shape index (κ1) is 14.4. The van der Waals surface area contributed by atoms with Crippen molar-refractivity contribution in [3.8, 4) is 0 Å². The van der Waals surface area contributed by atoms with E-state index >= 15 is 0 Å². The van der Waals surface area contributed by atoms with Gasteiger partial charge in [0.25, 0.3) is 0 Å². The van der Waals surface area contributed by atoms with Crippen LogP contribution in [0.25, 0.3) is 10.9 Å². The summed E-state index contributed by atoms with van der Waals surface area (Å²) >= 11 is 0. The molecule has 2 N–H and O–H groups in total. The third-order valence-electron chi connectivity index (χ3n) is 3.85. The molecule has 22 heavy (non-hydrogen) atoms. The highest BCUT2D eigenvalue weighted by Crippen LogP contribution is 2.19. The van der Waals surface area contributed by atoms with E-state index < -0.39 is 0 Å². The lowest BCUT2D eigenvalue weighted by Crippen LogP contribution is -2.27. The van der Waals surface area contributed by atoms with Gasteiger partial charge in [-0.05, 0) is 36.6 Å². The maximum Gasteiger partial charge on any atom is 0.224 e. The van der Waals surface area contributed by atoms with Gasteiger partial charge in [0.15, 0.2) is 0 Å². The predicted molar refractivity (Wildman–Crippen MR) is 89.9 cm³/mol. The van der Waals surface area contributed by atoms with Crippen molar-refractivity contribution in [1.82, 2.24) is 10.3 Å². The van der Waals surface area contributed by atoms with Gasteiger partial charge in [-0.3, -0.25) is 4.79 Å². The molecule has 1 heterocycles. The second-order valence-corrected chi connectivity index (χ2v) is 5.63. The summed E-state index contributed by atoms with van der Waals surface area (Å²) in [6.45, 7) is 2.75. The van der Waals surface area contributed by atoms with Crippen molar-refractivity contribution in [2.24, 2.45) is 0 Å². The molecule has 3 nitrogen and oxygen atoms in total. The van der Waals surface area contributed by atoms with E-state index in [2.05, 4.69) is 35.4 Å². The number of hydrogen-bond acceptors (Lipinski definition) is 1. The minimum atomic E-state index is 0.0715. The van der Waals surface area contributed by atoms with Crippen molar-refractivity contribution >= 4 is 16.8 Å². The minimum absolute atomic E-state index is 0.0715. The fourth-order valence-electron chi connectivity index (χ4n) is 2.68. The lowest BCUT2D eigenvalue weighted by molar-refractivity contribution is -0.120. The average Bonchev–Trinajstić information content (AvgIpc) is 2.91. The van der Waals surface area contributed by atoms with E-state index in [1.165, 1.54) is 16.5 Å². The Hall–Kier alpha value is -2.55. The SMILES string of the molecule is Cc1ccc2[nH]cc(CCNC(=O)Cc3ccccc3)c2c1. The Labute approximate surface area is 130 Å². The van der Waals surface area contributed by atoms with Crippen molar-refractivity contribution in [3.05, 3.63) is 71.4 Å². The second kappa shape index (κ2) is 6.48. The molecular weight excluding hydrogens is 272 g/mol. The van der Waals surface area contributed by atoms with Crippen LogP contribution in [0.3, 0.4) is 0 Å². The molecule has 2 aromatic carbocycles. The summed E-state index contributed by atoms with van der Waals surface area (Å²) in [6, 6.07) is 16.2. The van der Waals surface area contributed by atoms with Gasteiger partial charge in [0.2, 0.25) is 5.91 Å². The van der Waals surface area contributed by atoms with Crippen molar-refractivity contribution in [3.63, 3.8) is 0 Å². The number of carbonyl (C=O) groups excluding carboxylic acids is 1. The number of aryl methyl sites for hydroxylation is 1. The molecule has 0 saturated carbocycles. The first-order chi connectivity index (χ1) is 10.7. The van der Waals surface area contributed by atoms with E-state index in [1.807, 2.05) is 36.5 Å². The lowest BCUT2D eigenvalue weighted by Gasteiger charge is -2.05. The highest BCUT2D eigenvalue weighted by Gasteiger charge is 2.06. The molecule has 0 bridgehead atoms. The van der Waals surface area contributed by atoms with Gasteiger partial charge in [0, 0.05) is 23.6 Å². The molecule has 0 radical (unpaired) electrons. The summed E-state index contributed by atoms with van der Waals surface area (Å²) in [5.74, 6) is 0.0715. The summed E-state index contributed by atoms with van der Waals surface area (Å²) in [7, 11) is 0. The molecule has 0 spiro atoms. The van der Waals surface area contributed by atoms with E-state index in [-0.39, 0.29) is 5.91 Å². The van der Waals surface area contributed by atoms with Gasteiger partial charge in [0.1, 0.15) is 0 Å². The largest absolute Gasteiger partial charge is 0.361 e. The highest BCUT2D eigenvalue weighted by atomic mass is 16.1. The Morgan fingerprint density at radius 2 is 1.95 bits per heavy atom. The van der Waals surface area contributed by atoms with E-state index in [1.54, 1.807) is 0 Å². The Morgan fingerprint density at radius 3 is 2.77 bits per heavy atom. The van der Waals surface area contributed by atoms with E-state index in [0.717, 1.165) is 17.5 Å². The third kappa shape index (κ3) is 3.37. The van der Waals surface area contributed by atoms with E-state index in [9.17, 15) is 4.79 Å². The van der Waals surface area contributed by atoms with Crippen molar-refractivity contribution in [2.75, 3.05) is 6.54 Å². The summed E-state index contributed by atoms with van der Waals surface area (Å²) in [5, 5.41) is 4.24. The summed E-state index contributed by atoms with van der Waals surface area (Å²) in [5.41, 5.74) is 4.69.